The summed E-state index contributed by atoms with van der Waals surface area (Å²) in [5, 5.41) is 9.81. The lowest BCUT2D eigenvalue weighted by atomic mass is 9.74. The Morgan fingerprint density at radius 3 is 2.58 bits per heavy atom. The summed E-state index contributed by atoms with van der Waals surface area (Å²) in [6, 6.07) is 3.89. The Kier molecular flexibility index (Phi) is 5.32. The van der Waals surface area contributed by atoms with E-state index in [1.54, 1.807) is 13.1 Å². The number of aliphatic hydroxyl groups excluding tert-OH is 1. The van der Waals surface area contributed by atoms with E-state index in [2.05, 4.69) is 4.98 Å². The maximum absolute atomic E-state index is 12.5. The Hall–Kier alpha value is -1.95. The molecule has 2 saturated heterocycles. The highest BCUT2D eigenvalue weighted by atomic mass is 16.3. The summed E-state index contributed by atoms with van der Waals surface area (Å²) in [6.07, 6.45) is 7.37. The molecular weight excluding hydrogens is 330 g/mol. The number of pyridine rings is 1. The van der Waals surface area contributed by atoms with Crippen molar-refractivity contribution in [1.29, 1.82) is 0 Å². The van der Waals surface area contributed by atoms with Crippen LogP contribution in [0.2, 0.25) is 0 Å². The highest BCUT2D eigenvalue weighted by Crippen LogP contribution is 2.48. The molecule has 2 fully saturated rings. The van der Waals surface area contributed by atoms with Crippen molar-refractivity contribution in [3.8, 4) is 0 Å². The monoisotopic (exact) mass is 359 g/mol. The van der Waals surface area contributed by atoms with Gasteiger partial charge in [-0.3, -0.25) is 14.6 Å². The van der Waals surface area contributed by atoms with E-state index in [0.29, 0.717) is 13.0 Å². The number of carbonyl (C=O) groups excluding carboxylic acids is 2. The number of likely N-dealkylation sites (tertiary alicyclic amines) is 2. The van der Waals surface area contributed by atoms with Crippen LogP contribution in [-0.4, -0.2) is 63.5 Å². The molecule has 3 rings (SSSR count). The average Bonchev–Trinajstić information content (AvgIpc) is 2.94. The fourth-order valence-electron chi connectivity index (χ4n) is 4.64. The van der Waals surface area contributed by atoms with Gasteiger partial charge in [0, 0.05) is 45.4 Å². The lowest BCUT2D eigenvalue weighted by molar-refractivity contribution is -0.135. The summed E-state index contributed by atoms with van der Waals surface area (Å²) in [5.74, 6) is 0.212. The van der Waals surface area contributed by atoms with Crippen LogP contribution < -0.4 is 0 Å². The van der Waals surface area contributed by atoms with Crippen LogP contribution in [0.5, 0.6) is 0 Å². The standard InChI is InChI=1S/C20H29N3O3/c1-16(25)23-14-20(13-19(23,2)15-24)7-10-22(11-8-20)18(26)6-5-17-4-3-9-21-12-17/h3-4,9,12,24H,5-8,10-11,13-15H2,1-2H3/t19-/m1/s1. The van der Waals surface area contributed by atoms with Crippen molar-refractivity contribution in [2.75, 3.05) is 26.2 Å². The van der Waals surface area contributed by atoms with Gasteiger partial charge in [-0.1, -0.05) is 6.07 Å². The summed E-state index contributed by atoms with van der Waals surface area (Å²) in [5.41, 5.74) is 0.641. The van der Waals surface area contributed by atoms with Gasteiger partial charge in [-0.15, -0.1) is 0 Å². The molecule has 0 bridgehead atoms. The molecule has 1 atom stereocenters. The number of aromatic nitrogens is 1. The van der Waals surface area contributed by atoms with Gasteiger partial charge in [-0.2, -0.15) is 0 Å². The zero-order valence-electron chi connectivity index (χ0n) is 15.8. The smallest absolute Gasteiger partial charge is 0.222 e. The fourth-order valence-corrected chi connectivity index (χ4v) is 4.64. The summed E-state index contributed by atoms with van der Waals surface area (Å²) >= 11 is 0. The Balaban J connectivity index is 1.55. The molecular formula is C20H29N3O3. The predicted octanol–water partition coefficient (Wildman–Crippen LogP) is 1.63. The Bertz CT molecular complexity index is 656. The minimum Gasteiger partial charge on any atom is -0.394 e. The molecule has 0 aliphatic carbocycles. The SMILES string of the molecule is CC(=O)N1CC2(CCN(C(=O)CCc3cccnc3)CC2)C[C@]1(C)CO. The third-order valence-electron chi connectivity index (χ3n) is 6.15. The lowest BCUT2D eigenvalue weighted by Gasteiger charge is -2.39. The van der Waals surface area contributed by atoms with Gasteiger partial charge in [-0.25, -0.2) is 0 Å². The molecule has 1 N–H and O–H groups in total. The second-order valence-electron chi connectivity index (χ2n) is 8.18. The van der Waals surface area contributed by atoms with Gasteiger partial charge in [0.1, 0.15) is 0 Å². The molecule has 2 amide bonds. The first kappa shape index (κ1) is 18.8. The van der Waals surface area contributed by atoms with Gasteiger partial charge >= 0.3 is 0 Å². The van der Waals surface area contributed by atoms with Gasteiger partial charge in [-0.05, 0) is 49.7 Å². The van der Waals surface area contributed by atoms with Crippen molar-refractivity contribution in [3.63, 3.8) is 0 Å². The molecule has 26 heavy (non-hydrogen) atoms. The number of aryl methyl sites for hydroxylation is 1. The van der Waals surface area contributed by atoms with Crippen LogP contribution in [0.15, 0.2) is 24.5 Å². The third kappa shape index (κ3) is 3.75. The van der Waals surface area contributed by atoms with E-state index in [1.807, 2.05) is 35.1 Å². The van der Waals surface area contributed by atoms with E-state index in [0.717, 1.165) is 44.3 Å². The summed E-state index contributed by atoms with van der Waals surface area (Å²) in [4.78, 5) is 32.4. The van der Waals surface area contributed by atoms with E-state index in [4.69, 9.17) is 0 Å². The minimum atomic E-state index is -0.474. The topological polar surface area (TPSA) is 73.7 Å². The van der Waals surface area contributed by atoms with E-state index >= 15 is 0 Å². The second kappa shape index (κ2) is 7.35. The first-order chi connectivity index (χ1) is 12.4. The number of amides is 2. The maximum Gasteiger partial charge on any atom is 0.222 e. The van der Waals surface area contributed by atoms with Gasteiger partial charge < -0.3 is 14.9 Å². The van der Waals surface area contributed by atoms with Gasteiger partial charge in [0.15, 0.2) is 0 Å². The third-order valence-corrected chi connectivity index (χ3v) is 6.15. The number of piperidine rings is 1. The molecule has 0 radical (unpaired) electrons. The predicted molar refractivity (Wildman–Crippen MR) is 98.3 cm³/mol. The van der Waals surface area contributed by atoms with Gasteiger partial charge in [0.05, 0.1) is 12.1 Å². The fraction of sp³-hybridized carbons (Fsp3) is 0.650. The van der Waals surface area contributed by atoms with Gasteiger partial charge in [0.2, 0.25) is 11.8 Å². The van der Waals surface area contributed by atoms with Crippen LogP contribution in [0.1, 0.15) is 45.1 Å². The maximum atomic E-state index is 12.5. The number of hydrogen-bond acceptors (Lipinski definition) is 4. The van der Waals surface area contributed by atoms with Crippen LogP contribution in [-0.2, 0) is 16.0 Å². The molecule has 1 spiro atoms. The van der Waals surface area contributed by atoms with Gasteiger partial charge in [0.25, 0.3) is 0 Å². The molecule has 1 aromatic rings. The number of carbonyl (C=O) groups is 2. The lowest BCUT2D eigenvalue weighted by Crippen LogP contribution is -2.46. The Morgan fingerprint density at radius 1 is 1.31 bits per heavy atom. The van der Waals surface area contributed by atoms with Crippen LogP contribution in [0.4, 0.5) is 0 Å². The van der Waals surface area contributed by atoms with Crippen LogP contribution >= 0.6 is 0 Å². The summed E-state index contributed by atoms with van der Waals surface area (Å²) < 4.78 is 0. The van der Waals surface area contributed by atoms with Crippen molar-refractivity contribution in [1.82, 2.24) is 14.8 Å². The highest BCUT2D eigenvalue weighted by molar-refractivity contribution is 5.77. The Labute approximate surface area is 155 Å². The Morgan fingerprint density at radius 2 is 2.04 bits per heavy atom. The molecule has 142 valence electrons. The second-order valence-corrected chi connectivity index (χ2v) is 8.18. The van der Waals surface area contributed by atoms with Crippen molar-refractivity contribution in [3.05, 3.63) is 30.1 Å². The molecule has 2 aliphatic rings. The van der Waals surface area contributed by atoms with Crippen molar-refractivity contribution in [2.45, 2.75) is 51.5 Å². The number of aliphatic hydroxyl groups is 1. The average molecular weight is 359 g/mol. The molecule has 0 saturated carbocycles. The first-order valence-corrected chi connectivity index (χ1v) is 9.43. The molecule has 6 nitrogen and oxygen atoms in total. The number of nitrogens with zero attached hydrogens (tertiary/aromatic N) is 3. The highest BCUT2D eigenvalue weighted by Gasteiger charge is 2.52. The van der Waals surface area contributed by atoms with Crippen molar-refractivity contribution < 1.29 is 14.7 Å². The number of hydrogen-bond donors (Lipinski definition) is 1. The first-order valence-electron chi connectivity index (χ1n) is 9.43. The molecule has 2 aliphatic heterocycles. The van der Waals surface area contributed by atoms with E-state index in [9.17, 15) is 14.7 Å². The quantitative estimate of drug-likeness (QED) is 0.887. The minimum absolute atomic E-state index is 0.0118. The normalized spacial score (nSPS) is 24.9. The van der Waals surface area contributed by atoms with E-state index in [-0.39, 0.29) is 23.8 Å². The zero-order chi connectivity index (χ0) is 18.8. The molecule has 0 unspecified atom stereocenters. The van der Waals surface area contributed by atoms with E-state index in [1.165, 1.54) is 0 Å². The number of rotatable bonds is 4. The van der Waals surface area contributed by atoms with Crippen molar-refractivity contribution in [2.24, 2.45) is 5.41 Å². The zero-order valence-corrected chi connectivity index (χ0v) is 15.8. The molecule has 6 heteroatoms. The van der Waals surface area contributed by atoms with Crippen molar-refractivity contribution >= 4 is 11.8 Å². The van der Waals surface area contributed by atoms with Crippen LogP contribution in [0.3, 0.4) is 0 Å². The molecule has 1 aromatic heterocycles. The molecule has 0 aromatic carbocycles. The van der Waals surface area contributed by atoms with E-state index < -0.39 is 5.54 Å². The molecule has 3 heterocycles. The summed E-state index contributed by atoms with van der Waals surface area (Å²) in [7, 11) is 0. The van der Waals surface area contributed by atoms with Crippen LogP contribution in [0.25, 0.3) is 0 Å². The summed E-state index contributed by atoms with van der Waals surface area (Å²) in [6.45, 7) is 5.69. The largest absolute Gasteiger partial charge is 0.394 e. The van der Waals surface area contributed by atoms with Crippen LogP contribution in [0, 0.1) is 5.41 Å².